The van der Waals surface area contributed by atoms with Crippen molar-refractivity contribution in [2.45, 2.75) is 210 Å². The van der Waals surface area contributed by atoms with Gasteiger partial charge in [-0.05, 0) is 96.7 Å². The molecule has 1 nitrogen and oxygen atoms in total. The molecular weight excluding hydrogens is 496 g/mol. The molecule has 4 fully saturated rings. The second kappa shape index (κ2) is 16.9. The fourth-order valence-electron chi connectivity index (χ4n) is 11.1. The van der Waals surface area contributed by atoms with Crippen molar-refractivity contribution < 1.29 is 6.53 Å². The highest BCUT2D eigenvalue weighted by molar-refractivity contribution is 5.17. The fraction of sp³-hybridized carbons (Fsp3) is 1.00. The second-order valence-corrected chi connectivity index (χ2v) is 16.6. The molecular formula is C40H80O. The van der Waals surface area contributed by atoms with E-state index in [1.54, 1.807) is 0 Å². The Bertz CT molecular complexity index is 708. The molecule has 4 saturated carbocycles. The Balaban J connectivity index is 0.000000436. The Labute approximate surface area is 261 Å². The van der Waals surface area contributed by atoms with Gasteiger partial charge >= 0.3 is 0 Å². The van der Waals surface area contributed by atoms with Crippen molar-refractivity contribution in [3.63, 3.8) is 0 Å². The highest BCUT2D eigenvalue weighted by Gasteiger charge is 2.68. The summed E-state index contributed by atoms with van der Waals surface area (Å²) in [6.07, 6.45) is 29.2. The molecule has 0 aromatic heterocycles. The maximum atomic E-state index is 10.7. The lowest BCUT2D eigenvalue weighted by molar-refractivity contribution is -0.221. The highest BCUT2D eigenvalue weighted by Crippen LogP contribution is 2.75. The van der Waals surface area contributed by atoms with Gasteiger partial charge in [-0.1, -0.05) is 153 Å². The average Bonchev–Trinajstić information content (AvgIpc) is 3.29. The second-order valence-electron chi connectivity index (χ2n) is 16.6. The van der Waals surface area contributed by atoms with Crippen LogP contribution < -0.4 is 0 Å². The molecule has 0 aromatic rings. The van der Waals surface area contributed by atoms with Crippen molar-refractivity contribution in [3.05, 3.63) is 0 Å². The Morgan fingerprint density at radius 1 is 0.537 bits per heavy atom. The van der Waals surface area contributed by atoms with Crippen LogP contribution in [0.2, 0.25) is 0 Å². The minimum absolute atomic E-state index is 0. The van der Waals surface area contributed by atoms with E-state index in [2.05, 4.69) is 69.2 Å². The van der Waals surface area contributed by atoms with E-state index in [9.17, 15) is 5.11 Å². The number of fused-ring (bicyclic) bond motifs is 5. The summed E-state index contributed by atoms with van der Waals surface area (Å²) in [5, 5.41) is 10.7. The van der Waals surface area contributed by atoms with Gasteiger partial charge in [0.25, 0.3) is 0 Å². The number of aliphatic hydroxyl groups is 1. The lowest BCUT2D eigenvalue weighted by Gasteiger charge is -2.69. The molecule has 246 valence electrons. The van der Waals surface area contributed by atoms with Gasteiger partial charge in [-0.15, -0.1) is 0 Å². The molecule has 0 amide bonds. The van der Waals surface area contributed by atoms with Gasteiger partial charge in [0.1, 0.15) is 0 Å². The molecule has 8 atom stereocenters. The summed E-state index contributed by atoms with van der Waals surface area (Å²) in [7, 11) is 0. The van der Waals surface area contributed by atoms with Crippen LogP contribution in [0.5, 0.6) is 0 Å². The van der Waals surface area contributed by atoms with Crippen LogP contribution in [0.4, 0.5) is 0 Å². The predicted molar refractivity (Wildman–Crippen MR) is 186 cm³/mol. The van der Waals surface area contributed by atoms with Crippen LogP contribution in [-0.4, -0.2) is 11.2 Å². The summed E-state index contributed by atoms with van der Waals surface area (Å²) >= 11 is 0. The van der Waals surface area contributed by atoms with Crippen molar-refractivity contribution in [1.82, 2.24) is 0 Å². The van der Waals surface area contributed by atoms with Crippen LogP contribution in [0.3, 0.4) is 0 Å². The van der Waals surface area contributed by atoms with Crippen LogP contribution in [0.15, 0.2) is 0 Å². The van der Waals surface area contributed by atoms with E-state index in [4.69, 9.17) is 0 Å². The maximum absolute atomic E-state index is 10.7. The van der Waals surface area contributed by atoms with E-state index < -0.39 is 0 Å². The molecule has 0 aromatic carbocycles. The Hall–Kier alpha value is -0.0400. The Kier molecular flexibility index (Phi) is 15.3. The van der Waals surface area contributed by atoms with Gasteiger partial charge in [0.15, 0.2) is 0 Å². The summed E-state index contributed by atoms with van der Waals surface area (Å²) in [5.41, 5.74) is 1.61. The van der Waals surface area contributed by atoms with Gasteiger partial charge in [-0.2, -0.15) is 0 Å². The Morgan fingerprint density at radius 3 is 1.54 bits per heavy atom. The lowest BCUT2D eigenvalue weighted by Crippen LogP contribution is -2.63. The van der Waals surface area contributed by atoms with Crippen molar-refractivity contribution in [1.29, 1.82) is 0 Å². The molecule has 0 spiro atoms. The number of unbranched alkanes of at least 4 members (excludes halogenated alkanes) is 10. The number of hydrogen-bond donors (Lipinski definition) is 1. The third-order valence-electron chi connectivity index (χ3n) is 14.0. The zero-order valence-corrected chi connectivity index (χ0v) is 30.2. The number of aliphatic hydroxyl groups excluding tert-OH is 1. The number of hydrogen-bond acceptors (Lipinski definition) is 1. The first-order valence-electron chi connectivity index (χ1n) is 19.1. The quantitative estimate of drug-likeness (QED) is 0.242. The standard InChI is InChI=1S/C24H42O.C11H24.C5H12.H2/c1-7-16-10-14-23(5)17(16)8-9-19-22(4)13-12-20(25)21(2,3)18(22)11-15-24(19,23)6;1-3-5-7-9-11-10-8-6-4-2;1-3-5-4-2;/h16-20,25H,7-15H2,1-6H3;3-11H2,1-2H3;3-5H2,1-2H3;1H/t16-,17-,18?,19?,20+,22+,23-,24-;;;/m1.../s1. The lowest BCUT2D eigenvalue weighted by atomic mass is 9.35. The van der Waals surface area contributed by atoms with Crippen molar-refractivity contribution in [3.8, 4) is 0 Å². The first-order chi connectivity index (χ1) is 19.4. The largest absolute Gasteiger partial charge is 0.393 e. The van der Waals surface area contributed by atoms with Gasteiger partial charge in [0, 0.05) is 1.43 Å². The topological polar surface area (TPSA) is 20.2 Å². The summed E-state index contributed by atoms with van der Waals surface area (Å²) in [6.45, 7) is 24.1. The van der Waals surface area contributed by atoms with E-state index >= 15 is 0 Å². The fourth-order valence-corrected chi connectivity index (χ4v) is 11.1. The van der Waals surface area contributed by atoms with Gasteiger partial charge in [-0.25, -0.2) is 0 Å². The van der Waals surface area contributed by atoms with E-state index in [1.165, 1.54) is 128 Å². The third-order valence-corrected chi connectivity index (χ3v) is 14.0. The monoisotopic (exact) mass is 577 g/mol. The summed E-state index contributed by atoms with van der Waals surface area (Å²) < 4.78 is 0. The highest BCUT2D eigenvalue weighted by atomic mass is 16.3. The van der Waals surface area contributed by atoms with Crippen molar-refractivity contribution in [2.24, 2.45) is 45.3 Å². The SMILES string of the molecule is CCCCC.CCCCCCCCCCC.CC[C@@H]1CC[C@]2(C)[C@@H]1CCC1[C@@]3(C)CC[C@H](O)C(C)(C)C3CC[C@]12C.[HH]. The smallest absolute Gasteiger partial charge is 0.0594 e. The van der Waals surface area contributed by atoms with Crippen LogP contribution in [-0.2, 0) is 0 Å². The maximum Gasteiger partial charge on any atom is 0.0594 e. The zero-order valence-electron chi connectivity index (χ0n) is 30.2. The van der Waals surface area contributed by atoms with Gasteiger partial charge in [0.05, 0.1) is 6.10 Å². The van der Waals surface area contributed by atoms with Crippen LogP contribution >= 0.6 is 0 Å². The normalized spacial score (nSPS) is 38.9. The van der Waals surface area contributed by atoms with Gasteiger partial charge in [-0.3, -0.25) is 0 Å². The van der Waals surface area contributed by atoms with E-state index in [0.29, 0.717) is 22.2 Å². The molecule has 0 radical (unpaired) electrons. The molecule has 1 heteroatoms. The average molecular weight is 577 g/mol. The molecule has 1 N–H and O–H groups in total. The summed E-state index contributed by atoms with van der Waals surface area (Å²) in [6, 6.07) is 0. The van der Waals surface area contributed by atoms with Gasteiger partial charge < -0.3 is 5.11 Å². The number of rotatable bonds is 11. The third kappa shape index (κ3) is 8.17. The molecule has 4 aliphatic rings. The predicted octanol–water partition coefficient (Wildman–Crippen LogP) is 13.4. The first kappa shape index (κ1) is 37.1. The molecule has 4 rings (SSSR count). The summed E-state index contributed by atoms with van der Waals surface area (Å²) in [4.78, 5) is 0. The van der Waals surface area contributed by atoms with Crippen LogP contribution in [0, 0.1) is 45.3 Å². The molecule has 0 bridgehead atoms. The van der Waals surface area contributed by atoms with Crippen LogP contribution in [0.25, 0.3) is 0 Å². The molecule has 2 unspecified atom stereocenters. The van der Waals surface area contributed by atoms with Crippen molar-refractivity contribution in [2.75, 3.05) is 0 Å². The molecule has 0 aliphatic heterocycles. The van der Waals surface area contributed by atoms with Crippen LogP contribution in [0.1, 0.15) is 206 Å². The Morgan fingerprint density at radius 2 is 1.05 bits per heavy atom. The minimum Gasteiger partial charge on any atom is -0.393 e. The zero-order chi connectivity index (χ0) is 30.7. The van der Waals surface area contributed by atoms with E-state index in [0.717, 1.165) is 24.2 Å². The summed E-state index contributed by atoms with van der Waals surface area (Å²) in [5.74, 6) is 3.52. The first-order valence-corrected chi connectivity index (χ1v) is 19.1. The van der Waals surface area contributed by atoms with Gasteiger partial charge in [0.2, 0.25) is 0 Å². The minimum atomic E-state index is -0.0993. The molecule has 0 heterocycles. The molecule has 41 heavy (non-hydrogen) atoms. The van der Waals surface area contributed by atoms with E-state index in [-0.39, 0.29) is 12.9 Å². The van der Waals surface area contributed by atoms with E-state index in [1.807, 2.05) is 0 Å². The molecule has 0 saturated heterocycles. The molecule has 4 aliphatic carbocycles. The van der Waals surface area contributed by atoms with Crippen molar-refractivity contribution >= 4 is 0 Å².